The number of thioether (sulfide) groups is 1. The van der Waals surface area contributed by atoms with Gasteiger partial charge < -0.3 is 9.15 Å². The molecule has 0 bridgehead atoms. The second-order valence-electron chi connectivity index (χ2n) is 7.61. The molecule has 0 N–H and O–H groups in total. The van der Waals surface area contributed by atoms with Gasteiger partial charge in [0.1, 0.15) is 5.58 Å². The van der Waals surface area contributed by atoms with Crippen LogP contribution in [0, 0.1) is 5.92 Å². The van der Waals surface area contributed by atoms with Crippen LogP contribution in [0.3, 0.4) is 0 Å². The third kappa shape index (κ3) is 5.06. The Bertz CT molecular complexity index is 1310. The smallest absolute Gasteiger partial charge is 0.345 e. The lowest BCUT2D eigenvalue weighted by molar-refractivity contribution is -0.141. The van der Waals surface area contributed by atoms with Crippen LogP contribution in [0.15, 0.2) is 75.2 Å². The van der Waals surface area contributed by atoms with Crippen molar-refractivity contribution in [2.24, 2.45) is 5.92 Å². The zero-order valence-corrected chi connectivity index (χ0v) is 19.2. The number of halogens is 1. The number of nitrogens with zero attached hydrogens (tertiary/aromatic N) is 2. The summed E-state index contributed by atoms with van der Waals surface area (Å²) in [4.78, 5) is 29.4. The first-order valence-corrected chi connectivity index (χ1v) is 11.4. The molecule has 8 heteroatoms. The van der Waals surface area contributed by atoms with Gasteiger partial charge >= 0.3 is 11.6 Å². The molecule has 0 fully saturated rings. The quantitative estimate of drug-likeness (QED) is 0.200. The molecule has 2 aromatic carbocycles. The number of para-hydroxylation sites is 1. The third-order valence-electron chi connectivity index (χ3n) is 4.59. The highest BCUT2D eigenvalue weighted by Gasteiger charge is 2.17. The lowest BCUT2D eigenvalue weighted by atomic mass is 10.1. The predicted octanol–water partition coefficient (Wildman–Crippen LogP) is 5.59. The van der Waals surface area contributed by atoms with E-state index in [-0.39, 0.29) is 17.6 Å². The maximum atomic E-state index is 12.6. The molecule has 0 saturated heterocycles. The van der Waals surface area contributed by atoms with Crippen LogP contribution in [0.4, 0.5) is 0 Å². The molecule has 4 rings (SSSR count). The van der Waals surface area contributed by atoms with Crippen molar-refractivity contribution in [3.05, 3.63) is 76.2 Å². The lowest BCUT2D eigenvalue weighted by Gasteiger charge is -2.08. The van der Waals surface area contributed by atoms with Gasteiger partial charge in [-0.3, -0.25) is 9.36 Å². The van der Waals surface area contributed by atoms with Gasteiger partial charge in [0.2, 0.25) is 0 Å². The number of esters is 1. The average molecular weight is 469 g/mol. The summed E-state index contributed by atoms with van der Waals surface area (Å²) in [5.41, 5.74) is 1.65. The molecule has 2 aromatic heterocycles. The van der Waals surface area contributed by atoms with Gasteiger partial charge in [-0.05, 0) is 42.3 Å². The standard InChI is InChI=1S/C24H21ClN2O4S/c1-15(2)13-30-22(28)14-32-24-26-20(12-27(24)18-9-7-17(25)8-10-18)19-11-16-5-3-4-6-21(16)31-23(19)29/h3-12,15H,13-14H2,1-2H3. The molecule has 0 amide bonds. The Morgan fingerprint density at radius 2 is 1.94 bits per heavy atom. The average Bonchev–Trinajstić information content (AvgIpc) is 3.20. The molecule has 0 saturated carbocycles. The Kier molecular flexibility index (Phi) is 6.67. The Balaban J connectivity index is 1.71. The molecule has 0 radical (unpaired) electrons. The molecular weight excluding hydrogens is 448 g/mol. The topological polar surface area (TPSA) is 74.3 Å². The molecule has 0 spiro atoms. The highest BCUT2D eigenvalue weighted by atomic mass is 35.5. The van der Waals surface area contributed by atoms with Crippen molar-refractivity contribution in [2.45, 2.75) is 19.0 Å². The molecule has 4 aromatic rings. The van der Waals surface area contributed by atoms with Gasteiger partial charge in [-0.25, -0.2) is 9.78 Å². The zero-order chi connectivity index (χ0) is 22.7. The summed E-state index contributed by atoms with van der Waals surface area (Å²) >= 11 is 7.28. The summed E-state index contributed by atoms with van der Waals surface area (Å²) < 4.78 is 12.6. The number of ether oxygens (including phenoxy) is 1. The Morgan fingerprint density at radius 3 is 2.69 bits per heavy atom. The van der Waals surface area contributed by atoms with Crippen molar-refractivity contribution < 1.29 is 13.9 Å². The summed E-state index contributed by atoms with van der Waals surface area (Å²) in [5.74, 6) is 0.0446. The van der Waals surface area contributed by atoms with Crippen LogP contribution in [0.5, 0.6) is 0 Å². The Hall–Kier alpha value is -3.03. The fourth-order valence-electron chi connectivity index (χ4n) is 3.05. The number of rotatable bonds is 7. The maximum absolute atomic E-state index is 12.6. The summed E-state index contributed by atoms with van der Waals surface area (Å²) in [6.07, 6.45) is 1.76. The van der Waals surface area contributed by atoms with E-state index in [1.807, 2.05) is 48.7 Å². The normalized spacial score (nSPS) is 11.2. The Morgan fingerprint density at radius 1 is 1.19 bits per heavy atom. The molecular formula is C24H21ClN2O4S. The van der Waals surface area contributed by atoms with Gasteiger partial charge in [-0.15, -0.1) is 0 Å². The van der Waals surface area contributed by atoms with Crippen molar-refractivity contribution in [3.8, 4) is 16.9 Å². The fraction of sp³-hybridized carbons (Fsp3) is 0.208. The largest absolute Gasteiger partial charge is 0.465 e. The highest BCUT2D eigenvalue weighted by molar-refractivity contribution is 7.99. The van der Waals surface area contributed by atoms with Crippen LogP contribution in [-0.4, -0.2) is 27.9 Å². The Labute approximate surface area is 194 Å². The molecule has 0 atom stereocenters. The van der Waals surface area contributed by atoms with Gasteiger partial charge in [0.05, 0.1) is 23.6 Å². The number of hydrogen-bond acceptors (Lipinski definition) is 6. The van der Waals surface area contributed by atoms with E-state index in [4.69, 9.17) is 20.8 Å². The van der Waals surface area contributed by atoms with E-state index in [0.29, 0.717) is 33.6 Å². The first kappa shape index (κ1) is 22.2. The number of imidazole rings is 1. The van der Waals surface area contributed by atoms with Crippen LogP contribution >= 0.6 is 23.4 Å². The van der Waals surface area contributed by atoms with Crippen LogP contribution in [0.1, 0.15) is 13.8 Å². The summed E-state index contributed by atoms with van der Waals surface area (Å²) in [6.45, 7) is 4.33. The monoisotopic (exact) mass is 468 g/mol. The molecule has 0 aliphatic heterocycles. The minimum atomic E-state index is -0.475. The number of carbonyl (C=O) groups excluding carboxylic acids is 1. The van der Waals surface area contributed by atoms with Gasteiger partial charge in [0.15, 0.2) is 5.16 Å². The van der Waals surface area contributed by atoms with Crippen molar-refractivity contribution in [3.63, 3.8) is 0 Å². The maximum Gasteiger partial charge on any atom is 0.345 e. The molecule has 0 unspecified atom stereocenters. The van der Waals surface area contributed by atoms with Crippen LogP contribution < -0.4 is 5.63 Å². The summed E-state index contributed by atoms with van der Waals surface area (Å²) in [7, 11) is 0. The van der Waals surface area contributed by atoms with Crippen molar-refractivity contribution >= 4 is 40.3 Å². The van der Waals surface area contributed by atoms with E-state index in [2.05, 4.69) is 4.98 Å². The number of fused-ring (bicyclic) bond motifs is 1. The van der Waals surface area contributed by atoms with Gasteiger partial charge in [0.25, 0.3) is 0 Å². The first-order chi connectivity index (χ1) is 15.4. The molecule has 2 heterocycles. The molecule has 0 aliphatic carbocycles. The number of aromatic nitrogens is 2. The van der Waals surface area contributed by atoms with Crippen molar-refractivity contribution in [2.75, 3.05) is 12.4 Å². The zero-order valence-electron chi connectivity index (χ0n) is 17.6. The highest BCUT2D eigenvalue weighted by Crippen LogP contribution is 2.28. The van der Waals surface area contributed by atoms with E-state index in [1.54, 1.807) is 30.5 Å². The van der Waals surface area contributed by atoms with Gasteiger partial charge in [0, 0.05) is 22.3 Å². The van der Waals surface area contributed by atoms with Gasteiger partial charge in [-0.1, -0.05) is 55.4 Å². The van der Waals surface area contributed by atoms with Crippen LogP contribution in [0.25, 0.3) is 27.9 Å². The van der Waals surface area contributed by atoms with Crippen molar-refractivity contribution in [1.82, 2.24) is 9.55 Å². The molecule has 0 aliphatic rings. The third-order valence-corrected chi connectivity index (χ3v) is 5.77. The predicted molar refractivity (Wildman–Crippen MR) is 127 cm³/mol. The van der Waals surface area contributed by atoms with Crippen LogP contribution in [0.2, 0.25) is 5.02 Å². The molecule has 6 nitrogen and oxygen atoms in total. The number of benzene rings is 2. The van der Waals surface area contributed by atoms with Crippen LogP contribution in [-0.2, 0) is 9.53 Å². The van der Waals surface area contributed by atoms with E-state index in [1.165, 1.54) is 11.8 Å². The summed E-state index contributed by atoms with van der Waals surface area (Å²) in [6, 6.07) is 16.3. The summed E-state index contributed by atoms with van der Waals surface area (Å²) in [5, 5.41) is 1.96. The van der Waals surface area contributed by atoms with Crippen molar-refractivity contribution in [1.29, 1.82) is 0 Å². The minimum absolute atomic E-state index is 0.100. The second kappa shape index (κ2) is 9.63. The van der Waals surface area contributed by atoms with E-state index >= 15 is 0 Å². The van der Waals surface area contributed by atoms with E-state index < -0.39 is 5.63 Å². The first-order valence-electron chi connectivity index (χ1n) is 10.1. The molecule has 32 heavy (non-hydrogen) atoms. The number of carbonyl (C=O) groups is 1. The van der Waals surface area contributed by atoms with E-state index in [9.17, 15) is 9.59 Å². The lowest BCUT2D eigenvalue weighted by Crippen LogP contribution is -2.12. The second-order valence-corrected chi connectivity index (χ2v) is 8.98. The fourth-order valence-corrected chi connectivity index (χ4v) is 3.96. The molecule has 164 valence electrons. The van der Waals surface area contributed by atoms with Gasteiger partial charge in [-0.2, -0.15) is 0 Å². The SMILES string of the molecule is CC(C)COC(=O)CSc1nc(-c2cc3ccccc3oc2=O)cn1-c1ccc(Cl)cc1. The van der Waals surface area contributed by atoms with E-state index in [0.717, 1.165) is 11.1 Å². The number of hydrogen-bond donors (Lipinski definition) is 0. The minimum Gasteiger partial charge on any atom is -0.465 e.